The van der Waals surface area contributed by atoms with E-state index in [0.29, 0.717) is 12.8 Å². The van der Waals surface area contributed by atoms with Gasteiger partial charge in [0.05, 0.1) is 43.2 Å². The summed E-state index contributed by atoms with van der Waals surface area (Å²) in [5, 5.41) is 2.56. The van der Waals surface area contributed by atoms with E-state index in [1.165, 1.54) is 7.11 Å². The first-order chi connectivity index (χ1) is 14.8. The predicted octanol–water partition coefficient (Wildman–Crippen LogP) is 0.852. The third-order valence-corrected chi connectivity index (χ3v) is 6.46. The zero-order valence-electron chi connectivity index (χ0n) is 19.7. The predicted molar refractivity (Wildman–Crippen MR) is 116 cm³/mol. The number of likely N-dealkylation sites (tertiary alicyclic amines) is 1. The van der Waals surface area contributed by atoms with Gasteiger partial charge in [-0.05, 0) is 18.8 Å². The maximum absolute atomic E-state index is 13.3. The van der Waals surface area contributed by atoms with Crippen LogP contribution < -0.4 is 5.32 Å². The fourth-order valence-electron chi connectivity index (χ4n) is 4.57. The number of hydrogen-bond acceptors (Lipinski definition) is 6. The summed E-state index contributed by atoms with van der Waals surface area (Å²) in [7, 11) is 4.80. The number of aldehydes is 1. The van der Waals surface area contributed by atoms with Gasteiger partial charge in [-0.15, -0.1) is 0 Å². The Morgan fingerprint density at radius 2 is 1.90 bits per heavy atom. The van der Waals surface area contributed by atoms with Gasteiger partial charge in [0.1, 0.15) is 6.29 Å². The minimum absolute atomic E-state index is 0.0519. The van der Waals surface area contributed by atoms with E-state index in [1.807, 2.05) is 13.8 Å². The van der Waals surface area contributed by atoms with Crippen LogP contribution in [0.2, 0.25) is 0 Å². The van der Waals surface area contributed by atoms with E-state index in [2.05, 4.69) is 5.32 Å². The van der Waals surface area contributed by atoms with Crippen molar-refractivity contribution >= 4 is 24.5 Å². The van der Waals surface area contributed by atoms with Crippen LogP contribution in [0.4, 0.5) is 0 Å². The van der Waals surface area contributed by atoms with E-state index in [0.717, 1.165) is 25.7 Å². The molecule has 1 fully saturated rings. The normalized spacial score (nSPS) is 21.0. The molecule has 9 heteroatoms. The summed E-state index contributed by atoms with van der Waals surface area (Å²) in [5.41, 5.74) is 0. The molecule has 1 N–H and O–H groups in total. The van der Waals surface area contributed by atoms with Crippen molar-refractivity contribution in [2.45, 2.75) is 70.7 Å². The summed E-state index contributed by atoms with van der Waals surface area (Å²) in [4.78, 5) is 51.0. The molecule has 1 saturated heterocycles. The van der Waals surface area contributed by atoms with E-state index < -0.39 is 18.1 Å². The molecule has 31 heavy (non-hydrogen) atoms. The second-order valence-corrected chi connectivity index (χ2v) is 8.32. The van der Waals surface area contributed by atoms with E-state index in [1.54, 1.807) is 30.9 Å². The Labute approximate surface area is 185 Å². The van der Waals surface area contributed by atoms with Crippen molar-refractivity contribution in [3.8, 4) is 0 Å². The average Bonchev–Trinajstić information content (AvgIpc) is 3.26. The minimum atomic E-state index is -0.518. The van der Waals surface area contributed by atoms with Gasteiger partial charge in [0.25, 0.3) is 0 Å². The highest BCUT2D eigenvalue weighted by atomic mass is 16.5. The lowest BCUT2D eigenvalue weighted by atomic mass is 9.90. The summed E-state index contributed by atoms with van der Waals surface area (Å²) < 4.78 is 11.3. The molecule has 0 aliphatic carbocycles. The number of carbonyl (C=O) groups excluding carboxylic acids is 4. The van der Waals surface area contributed by atoms with E-state index >= 15 is 0 Å². The first-order valence-electron chi connectivity index (χ1n) is 11.0. The second kappa shape index (κ2) is 13.4. The van der Waals surface area contributed by atoms with Crippen molar-refractivity contribution in [1.29, 1.82) is 0 Å². The van der Waals surface area contributed by atoms with Crippen LogP contribution in [0.15, 0.2) is 0 Å². The highest BCUT2D eigenvalue weighted by Crippen LogP contribution is 2.28. The molecule has 6 atom stereocenters. The van der Waals surface area contributed by atoms with E-state index in [-0.39, 0.29) is 42.8 Å². The molecule has 1 aliphatic rings. The zero-order valence-corrected chi connectivity index (χ0v) is 19.7. The van der Waals surface area contributed by atoms with E-state index in [4.69, 9.17) is 9.47 Å². The van der Waals surface area contributed by atoms with Gasteiger partial charge in [-0.25, -0.2) is 0 Å². The van der Waals surface area contributed by atoms with Crippen molar-refractivity contribution in [3.05, 3.63) is 0 Å². The summed E-state index contributed by atoms with van der Waals surface area (Å²) in [6, 6.07) is -0.457. The van der Waals surface area contributed by atoms with Crippen molar-refractivity contribution in [3.63, 3.8) is 0 Å². The lowest BCUT2D eigenvalue weighted by molar-refractivity contribution is -0.143. The Hall–Kier alpha value is -2.00. The molecule has 1 rings (SSSR count). The Kier molecular flexibility index (Phi) is 11.7. The van der Waals surface area contributed by atoms with Crippen LogP contribution >= 0.6 is 0 Å². The molecule has 0 bridgehead atoms. The highest BCUT2D eigenvalue weighted by molar-refractivity contribution is 5.81. The molecule has 0 aromatic heterocycles. The van der Waals surface area contributed by atoms with Crippen LogP contribution in [0.3, 0.4) is 0 Å². The van der Waals surface area contributed by atoms with Crippen molar-refractivity contribution < 1.29 is 28.7 Å². The minimum Gasteiger partial charge on any atom is -0.379 e. The van der Waals surface area contributed by atoms with Gasteiger partial charge >= 0.3 is 0 Å². The molecule has 0 saturated carbocycles. The van der Waals surface area contributed by atoms with Gasteiger partial charge in [0, 0.05) is 27.8 Å². The van der Waals surface area contributed by atoms with Crippen molar-refractivity contribution in [2.24, 2.45) is 11.8 Å². The molecule has 1 heterocycles. The maximum Gasteiger partial charge on any atom is 0.225 e. The van der Waals surface area contributed by atoms with Crippen LogP contribution in [0, 0.1) is 11.8 Å². The molecule has 0 radical (unpaired) electrons. The first-order valence-corrected chi connectivity index (χ1v) is 11.0. The van der Waals surface area contributed by atoms with Crippen molar-refractivity contribution in [2.75, 3.05) is 34.4 Å². The van der Waals surface area contributed by atoms with Crippen LogP contribution in [0.25, 0.3) is 0 Å². The van der Waals surface area contributed by atoms with Gasteiger partial charge < -0.3 is 29.4 Å². The van der Waals surface area contributed by atoms with Crippen LogP contribution in [-0.4, -0.2) is 93.0 Å². The summed E-state index contributed by atoms with van der Waals surface area (Å²) >= 11 is 0. The fraction of sp³-hybridized carbons (Fsp3) is 0.818. The molecule has 1 aliphatic heterocycles. The Bertz CT molecular complexity index is 602. The number of carbonyl (C=O) groups is 4. The number of rotatable bonds is 14. The third-order valence-electron chi connectivity index (χ3n) is 6.46. The Morgan fingerprint density at radius 3 is 2.42 bits per heavy atom. The smallest absolute Gasteiger partial charge is 0.225 e. The van der Waals surface area contributed by atoms with Crippen LogP contribution in [-0.2, 0) is 28.7 Å². The quantitative estimate of drug-likeness (QED) is 0.401. The molecular formula is C22H39N3O6. The number of ether oxygens (including phenoxy) is 2. The summed E-state index contributed by atoms with van der Waals surface area (Å²) in [6.45, 7) is 6.36. The monoisotopic (exact) mass is 441 g/mol. The topological polar surface area (TPSA) is 105 Å². The number of nitrogens with zero attached hydrogens (tertiary/aromatic N) is 2. The van der Waals surface area contributed by atoms with Gasteiger partial charge in [-0.3, -0.25) is 14.4 Å². The van der Waals surface area contributed by atoms with Gasteiger partial charge in [-0.2, -0.15) is 0 Å². The average molecular weight is 442 g/mol. The molecule has 178 valence electrons. The Morgan fingerprint density at radius 1 is 1.23 bits per heavy atom. The number of hydrogen-bond donors (Lipinski definition) is 1. The molecule has 0 aromatic rings. The molecule has 0 spiro atoms. The van der Waals surface area contributed by atoms with Crippen molar-refractivity contribution in [1.82, 2.24) is 15.1 Å². The molecule has 9 nitrogen and oxygen atoms in total. The Balaban J connectivity index is 2.97. The lowest BCUT2D eigenvalue weighted by Crippen LogP contribution is -2.52. The van der Waals surface area contributed by atoms with Gasteiger partial charge in [-0.1, -0.05) is 27.2 Å². The number of likely N-dealkylation sites (N-methyl/N-ethyl adjacent to an activating group) is 1. The molecule has 0 aromatic carbocycles. The highest BCUT2D eigenvalue weighted by Gasteiger charge is 2.41. The maximum atomic E-state index is 13.3. The first kappa shape index (κ1) is 27.0. The summed E-state index contributed by atoms with van der Waals surface area (Å²) in [6.07, 6.45) is 3.02. The zero-order chi connectivity index (χ0) is 23.6. The van der Waals surface area contributed by atoms with Gasteiger partial charge in [0.15, 0.2) is 0 Å². The lowest BCUT2D eigenvalue weighted by Gasteiger charge is -2.38. The SMILES string of the molecule is CCC(C)C(C(CC(=O)N1CCCC1C(OC)C(C)C(=O)NCC=O)OC)N(C)C=O. The molecule has 3 amide bonds. The number of amides is 3. The van der Waals surface area contributed by atoms with E-state index in [9.17, 15) is 19.2 Å². The summed E-state index contributed by atoms with van der Waals surface area (Å²) in [5.74, 6) is -0.715. The standard InChI is InChI=1S/C22H39N3O6/c1-7-15(2)20(24(4)14-27)18(30-5)13-19(28)25-11-8-9-17(25)21(31-6)16(3)22(29)23-10-12-26/h12,14-18,20-21H,7-11,13H2,1-6H3,(H,23,29). The van der Waals surface area contributed by atoms with Crippen LogP contribution in [0.1, 0.15) is 46.5 Å². The molecular weight excluding hydrogens is 402 g/mol. The largest absolute Gasteiger partial charge is 0.379 e. The number of methoxy groups -OCH3 is 2. The molecule has 6 unspecified atom stereocenters. The second-order valence-electron chi connectivity index (χ2n) is 8.32. The van der Waals surface area contributed by atoms with Gasteiger partial charge in [0.2, 0.25) is 18.2 Å². The third kappa shape index (κ3) is 7.00. The van der Waals surface area contributed by atoms with Crippen LogP contribution in [0.5, 0.6) is 0 Å². The number of nitrogens with one attached hydrogen (secondary N) is 1. The fourth-order valence-corrected chi connectivity index (χ4v) is 4.57.